The summed E-state index contributed by atoms with van der Waals surface area (Å²) in [7, 11) is 0. The van der Waals surface area contributed by atoms with Crippen LogP contribution in [0.1, 0.15) is 22.3 Å². The van der Waals surface area contributed by atoms with Gasteiger partial charge < -0.3 is 39.8 Å². The Labute approximate surface area is 261 Å². The lowest BCUT2D eigenvalue weighted by atomic mass is 10.1. The second kappa shape index (κ2) is 15.3. The molecule has 0 aliphatic heterocycles. The van der Waals surface area contributed by atoms with E-state index in [1.165, 1.54) is 37.0 Å². The van der Waals surface area contributed by atoms with Gasteiger partial charge in [-0.1, -0.05) is 44.9 Å². The van der Waals surface area contributed by atoms with Gasteiger partial charge >= 0.3 is 0 Å². The van der Waals surface area contributed by atoms with Crippen molar-refractivity contribution in [2.24, 2.45) is 20.6 Å². The first-order valence-electron chi connectivity index (χ1n) is 13.8. The number of pyridine rings is 2. The van der Waals surface area contributed by atoms with Gasteiger partial charge in [0.1, 0.15) is 11.0 Å². The average molecular weight is 625 g/mol. The van der Waals surface area contributed by atoms with E-state index in [2.05, 4.69) is 30.6 Å². The Morgan fingerprint density at radius 1 is 0.457 bits per heavy atom. The standard InChI is InChI=1S/C32H28N6O8/c39-29-23(7-5-21-3-1-11-33-27(21)29)17-35-43-13-15-45-37-19-25-9-10-26(32(42)31(25)41)20-38-46-16-14-44-36-18-24-8-6-22-4-2-12-34-28(22)30(24)40/h1-12,17-20,39-42H,13-16H2/b35-17+,36-18+,37-19+,38-20+. The molecule has 0 bridgehead atoms. The maximum atomic E-state index is 10.3. The lowest BCUT2D eigenvalue weighted by Crippen LogP contribution is -1.99. The van der Waals surface area contributed by atoms with Gasteiger partial charge in [-0.05, 0) is 36.4 Å². The van der Waals surface area contributed by atoms with E-state index in [0.717, 1.165) is 10.8 Å². The van der Waals surface area contributed by atoms with E-state index < -0.39 is 11.5 Å². The fourth-order valence-electron chi connectivity index (χ4n) is 4.05. The molecule has 14 heteroatoms. The quantitative estimate of drug-likeness (QED) is 0.0595. The molecule has 46 heavy (non-hydrogen) atoms. The van der Waals surface area contributed by atoms with Gasteiger partial charge in [0.2, 0.25) is 0 Å². The maximum absolute atomic E-state index is 10.3. The van der Waals surface area contributed by atoms with Crippen LogP contribution in [0.2, 0.25) is 0 Å². The topological polar surface area (TPSA) is 193 Å². The number of hydrogen-bond donors (Lipinski definition) is 4. The van der Waals surface area contributed by atoms with Gasteiger partial charge in [-0.15, -0.1) is 0 Å². The Morgan fingerprint density at radius 2 is 0.783 bits per heavy atom. The minimum absolute atomic E-state index is 0.00445. The molecule has 0 aliphatic carbocycles. The van der Waals surface area contributed by atoms with Gasteiger partial charge in [0.05, 0.1) is 24.9 Å². The minimum Gasteiger partial charge on any atom is -0.505 e. The van der Waals surface area contributed by atoms with Crippen molar-refractivity contribution in [1.29, 1.82) is 0 Å². The number of aromatic nitrogens is 2. The zero-order chi connectivity index (χ0) is 32.1. The molecule has 0 saturated heterocycles. The summed E-state index contributed by atoms with van der Waals surface area (Å²) < 4.78 is 0. The molecule has 2 aromatic heterocycles. The molecular formula is C32H28N6O8. The lowest BCUT2D eigenvalue weighted by molar-refractivity contribution is 0.0552. The predicted octanol–water partition coefficient (Wildman–Crippen LogP) is 4.41. The lowest BCUT2D eigenvalue weighted by Gasteiger charge is -2.05. The van der Waals surface area contributed by atoms with Crippen LogP contribution >= 0.6 is 0 Å². The molecule has 5 rings (SSSR count). The SMILES string of the molecule is Oc1c(/C=N/OCCO/N=C/c2ccc3cccnc3c2O)ccc(/C=N/OCCO/N=C/c2ccc3cccnc3c2O)c1O. The second-order valence-corrected chi connectivity index (χ2v) is 9.37. The molecule has 14 nitrogen and oxygen atoms in total. The van der Waals surface area contributed by atoms with Crippen LogP contribution in [0.15, 0.2) is 93.7 Å². The smallest absolute Gasteiger partial charge is 0.167 e. The van der Waals surface area contributed by atoms with E-state index >= 15 is 0 Å². The Kier molecular flexibility index (Phi) is 10.3. The molecule has 0 unspecified atom stereocenters. The highest BCUT2D eigenvalue weighted by Crippen LogP contribution is 2.31. The Morgan fingerprint density at radius 3 is 1.15 bits per heavy atom. The summed E-state index contributed by atoms with van der Waals surface area (Å²) >= 11 is 0. The molecule has 5 aromatic rings. The fourth-order valence-corrected chi connectivity index (χ4v) is 4.05. The van der Waals surface area contributed by atoms with Crippen molar-refractivity contribution in [3.63, 3.8) is 0 Å². The summed E-state index contributed by atoms with van der Waals surface area (Å²) in [4.78, 5) is 28.8. The zero-order valence-corrected chi connectivity index (χ0v) is 24.2. The molecule has 0 aliphatic rings. The van der Waals surface area contributed by atoms with E-state index in [0.29, 0.717) is 22.2 Å². The molecule has 0 saturated carbocycles. The molecule has 0 atom stereocenters. The molecule has 234 valence electrons. The number of oxime groups is 4. The number of rotatable bonds is 14. The van der Waals surface area contributed by atoms with E-state index in [-0.39, 0.29) is 49.1 Å². The van der Waals surface area contributed by atoms with Crippen LogP contribution in [0, 0.1) is 0 Å². The number of hydrogen-bond acceptors (Lipinski definition) is 14. The Hall–Kier alpha value is -6.44. The highest BCUT2D eigenvalue weighted by atomic mass is 16.7. The average Bonchev–Trinajstić information content (AvgIpc) is 3.08. The Balaban J connectivity index is 0.999. The van der Waals surface area contributed by atoms with Crippen molar-refractivity contribution < 1.29 is 39.8 Å². The monoisotopic (exact) mass is 624 g/mol. The van der Waals surface area contributed by atoms with Crippen LogP contribution in [0.3, 0.4) is 0 Å². The van der Waals surface area contributed by atoms with E-state index in [1.807, 2.05) is 24.3 Å². The number of aromatic hydroxyl groups is 4. The third kappa shape index (κ3) is 7.74. The predicted molar refractivity (Wildman–Crippen MR) is 171 cm³/mol. The summed E-state index contributed by atoms with van der Waals surface area (Å²) in [6.45, 7) is 0.227. The minimum atomic E-state index is -0.424. The van der Waals surface area contributed by atoms with Crippen molar-refractivity contribution in [2.45, 2.75) is 0 Å². The van der Waals surface area contributed by atoms with Gasteiger partial charge in [0, 0.05) is 45.4 Å². The van der Waals surface area contributed by atoms with E-state index in [4.69, 9.17) is 19.4 Å². The van der Waals surface area contributed by atoms with Crippen LogP contribution in [-0.2, 0) is 19.4 Å². The number of benzene rings is 3. The summed E-state index contributed by atoms with van der Waals surface area (Å²) in [6, 6.07) is 17.3. The summed E-state index contributed by atoms with van der Waals surface area (Å²) in [6.07, 6.45) is 8.37. The zero-order valence-electron chi connectivity index (χ0n) is 24.2. The second-order valence-electron chi connectivity index (χ2n) is 9.37. The van der Waals surface area contributed by atoms with Gasteiger partial charge in [-0.2, -0.15) is 0 Å². The van der Waals surface area contributed by atoms with Crippen molar-refractivity contribution in [1.82, 2.24) is 9.97 Å². The first-order chi connectivity index (χ1) is 22.5. The summed E-state index contributed by atoms with van der Waals surface area (Å²) in [5.41, 5.74) is 2.25. The molecular weight excluding hydrogens is 596 g/mol. The summed E-state index contributed by atoms with van der Waals surface area (Å²) in [5.74, 6) is -0.840. The van der Waals surface area contributed by atoms with Crippen LogP contribution < -0.4 is 0 Å². The molecule has 0 radical (unpaired) electrons. The largest absolute Gasteiger partial charge is 0.505 e. The van der Waals surface area contributed by atoms with E-state index in [9.17, 15) is 20.4 Å². The van der Waals surface area contributed by atoms with Crippen molar-refractivity contribution >= 4 is 46.7 Å². The van der Waals surface area contributed by atoms with Gasteiger partial charge in [0.15, 0.2) is 49.4 Å². The number of fused-ring (bicyclic) bond motifs is 2. The normalized spacial score (nSPS) is 11.8. The third-order valence-corrected chi connectivity index (χ3v) is 6.37. The number of phenolic OH excluding ortho intramolecular Hbond substituents is 4. The van der Waals surface area contributed by atoms with Gasteiger partial charge in [0.25, 0.3) is 0 Å². The van der Waals surface area contributed by atoms with Crippen molar-refractivity contribution in [2.75, 3.05) is 26.4 Å². The Bertz CT molecular complexity index is 1790. The summed E-state index contributed by atoms with van der Waals surface area (Å²) in [5, 5.41) is 57.9. The first kappa shape index (κ1) is 31.0. The van der Waals surface area contributed by atoms with Crippen molar-refractivity contribution in [3.05, 3.63) is 95.3 Å². The van der Waals surface area contributed by atoms with Crippen LogP contribution in [0.4, 0.5) is 0 Å². The van der Waals surface area contributed by atoms with Crippen LogP contribution in [0.25, 0.3) is 21.8 Å². The molecule has 0 fully saturated rings. The first-order valence-corrected chi connectivity index (χ1v) is 13.8. The molecule has 4 N–H and O–H groups in total. The fraction of sp³-hybridized carbons (Fsp3) is 0.125. The molecule has 0 spiro atoms. The highest BCUT2D eigenvalue weighted by Gasteiger charge is 2.10. The van der Waals surface area contributed by atoms with Gasteiger partial charge in [-0.3, -0.25) is 9.97 Å². The van der Waals surface area contributed by atoms with E-state index in [1.54, 1.807) is 36.7 Å². The molecule has 3 aromatic carbocycles. The van der Waals surface area contributed by atoms with Crippen LogP contribution in [-0.4, -0.2) is 81.7 Å². The molecule has 0 amide bonds. The molecule has 2 heterocycles. The van der Waals surface area contributed by atoms with Crippen LogP contribution in [0.5, 0.6) is 23.0 Å². The van der Waals surface area contributed by atoms with Gasteiger partial charge in [-0.25, -0.2) is 0 Å². The third-order valence-electron chi connectivity index (χ3n) is 6.37. The highest BCUT2D eigenvalue weighted by molar-refractivity contribution is 5.95. The number of nitrogens with zero attached hydrogens (tertiary/aromatic N) is 6. The maximum Gasteiger partial charge on any atom is 0.167 e. The van der Waals surface area contributed by atoms with Crippen molar-refractivity contribution in [3.8, 4) is 23.0 Å². The number of phenols is 4.